The van der Waals surface area contributed by atoms with Crippen LogP contribution >= 0.6 is 11.7 Å². The Hall–Kier alpha value is -2.41. The van der Waals surface area contributed by atoms with E-state index in [0.29, 0.717) is 6.54 Å². The number of carbonyl (C=O) groups is 1. The summed E-state index contributed by atoms with van der Waals surface area (Å²) in [5.41, 5.74) is 2.82. The zero-order chi connectivity index (χ0) is 14.8. The van der Waals surface area contributed by atoms with Gasteiger partial charge in [0.2, 0.25) is 0 Å². The summed E-state index contributed by atoms with van der Waals surface area (Å²) in [6.07, 6.45) is 2.43. The number of nitrogens with zero attached hydrogens (tertiary/aromatic N) is 4. The maximum absolute atomic E-state index is 13.1. The molecule has 0 atom stereocenters. The van der Waals surface area contributed by atoms with Crippen LogP contribution in [0.15, 0.2) is 36.7 Å². The molecule has 7 heteroatoms. The first-order valence-corrected chi connectivity index (χ1v) is 6.94. The van der Waals surface area contributed by atoms with Crippen LogP contribution in [0.2, 0.25) is 0 Å². The number of halogens is 1. The van der Waals surface area contributed by atoms with E-state index in [9.17, 15) is 9.18 Å². The molecule has 0 radical (unpaired) electrons. The van der Waals surface area contributed by atoms with Crippen LogP contribution < -0.4 is 0 Å². The van der Waals surface area contributed by atoms with Crippen LogP contribution in [0.4, 0.5) is 4.39 Å². The molecule has 0 N–H and O–H groups in total. The summed E-state index contributed by atoms with van der Waals surface area (Å²) in [6, 6.07) is 6.85. The Morgan fingerprint density at radius 2 is 2.05 bits per heavy atom. The number of hydrogen-bond acceptors (Lipinski definition) is 5. The van der Waals surface area contributed by atoms with Gasteiger partial charge in [-0.05, 0) is 23.8 Å². The van der Waals surface area contributed by atoms with Crippen molar-refractivity contribution in [3.05, 3.63) is 53.6 Å². The summed E-state index contributed by atoms with van der Waals surface area (Å²) in [4.78, 5) is 17.4. The predicted octanol–water partition coefficient (Wildman–Crippen LogP) is 2.50. The van der Waals surface area contributed by atoms with E-state index >= 15 is 0 Å². The maximum Gasteiger partial charge on any atom is 0.255 e. The monoisotopic (exact) mass is 302 g/mol. The van der Waals surface area contributed by atoms with Crippen molar-refractivity contribution in [2.24, 2.45) is 0 Å². The average molecular weight is 302 g/mol. The molecule has 0 saturated carbocycles. The second kappa shape index (κ2) is 5.53. The lowest BCUT2D eigenvalue weighted by atomic mass is 10.1. The van der Waals surface area contributed by atoms with E-state index < -0.39 is 5.82 Å². The highest BCUT2D eigenvalue weighted by Crippen LogP contribution is 2.15. The van der Waals surface area contributed by atoms with Crippen molar-refractivity contribution in [3.8, 4) is 0 Å². The molecule has 3 rings (SSSR count). The lowest BCUT2D eigenvalue weighted by molar-refractivity contribution is 0.0784. The van der Waals surface area contributed by atoms with Crippen LogP contribution in [0.3, 0.4) is 0 Å². The van der Waals surface area contributed by atoms with Gasteiger partial charge in [0.15, 0.2) is 0 Å². The highest BCUT2D eigenvalue weighted by Gasteiger charge is 2.13. The molecule has 0 saturated heterocycles. The lowest BCUT2D eigenvalue weighted by Gasteiger charge is -2.17. The Balaban J connectivity index is 1.78. The molecule has 0 bridgehead atoms. The fourth-order valence-corrected chi connectivity index (χ4v) is 2.54. The Kier molecular flexibility index (Phi) is 3.57. The van der Waals surface area contributed by atoms with E-state index in [1.807, 2.05) is 18.2 Å². The lowest BCUT2D eigenvalue weighted by Crippen LogP contribution is -2.26. The van der Waals surface area contributed by atoms with E-state index in [0.717, 1.165) is 34.5 Å². The van der Waals surface area contributed by atoms with Gasteiger partial charge in [0.05, 0.1) is 23.5 Å². The summed E-state index contributed by atoms with van der Waals surface area (Å²) in [5, 5.41) is 0. The summed E-state index contributed by atoms with van der Waals surface area (Å²) in [5.74, 6) is -0.803. The molecule has 1 aromatic carbocycles. The van der Waals surface area contributed by atoms with Crippen molar-refractivity contribution in [1.82, 2.24) is 18.6 Å². The summed E-state index contributed by atoms with van der Waals surface area (Å²) in [7, 11) is 1.66. The van der Waals surface area contributed by atoms with Crippen LogP contribution in [0, 0.1) is 5.82 Å². The van der Waals surface area contributed by atoms with Crippen LogP contribution in [-0.2, 0) is 6.54 Å². The number of aromatic nitrogens is 3. The first-order valence-electron chi connectivity index (χ1n) is 6.21. The van der Waals surface area contributed by atoms with Crippen molar-refractivity contribution in [3.63, 3.8) is 0 Å². The normalized spacial score (nSPS) is 10.8. The summed E-state index contributed by atoms with van der Waals surface area (Å²) >= 11 is 1.15. The molecule has 0 aliphatic carbocycles. The second-order valence-corrected chi connectivity index (χ2v) is 5.17. The third-order valence-corrected chi connectivity index (χ3v) is 3.59. The van der Waals surface area contributed by atoms with Gasteiger partial charge in [0.25, 0.3) is 5.91 Å². The average Bonchev–Trinajstić information content (AvgIpc) is 2.94. The molecule has 21 heavy (non-hydrogen) atoms. The molecule has 0 spiro atoms. The van der Waals surface area contributed by atoms with Crippen LogP contribution in [0.1, 0.15) is 15.9 Å². The third kappa shape index (κ3) is 2.87. The van der Waals surface area contributed by atoms with E-state index in [2.05, 4.69) is 13.7 Å². The third-order valence-electron chi connectivity index (χ3n) is 3.04. The van der Waals surface area contributed by atoms with Gasteiger partial charge < -0.3 is 4.90 Å². The molecule has 1 amide bonds. The number of rotatable bonds is 3. The first kappa shape index (κ1) is 13.6. The number of amides is 1. The van der Waals surface area contributed by atoms with Gasteiger partial charge >= 0.3 is 0 Å². The number of fused-ring (bicyclic) bond motifs is 1. The van der Waals surface area contributed by atoms with E-state index in [4.69, 9.17) is 0 Å². The van der Waals surface area contributed by atoms with Crippen LogP contribution in [-0.4, -0.2) is 31.6 Å². The van der Waals surface area contributed by atoms with Crippen molar-refractivity contribution in [2.45, 2.75) is 6.54 Å². The molecular formula is C14H11FN4OS. The molecule has 5 nitrogen and oxygen atoms in total. The van der Waals surface area contributed by atoms with Crippen molar-refractivity contribution >= 4 is 28.7 Å². The van der Waals surface area contributed by atoms with Crippen LogP contribution in [0.5, 0.6) is 0 Å². The SMILES string of the molecule is CN(Cc1ccc2nsnc2c1)C(=O)c1cncc(F)c1. The Morgan fingerprint density at radius 3 is 2.86 bits per heavy atom. The van der Waals surface area contributed by atoms with Gasteiger partial charge in [-0.25, -0.2) is 4.39 Å². The molecule has 2 heterocycles. The van der Waals surface area contributed by atoms with Gasteiger partial charge in [-0.1, -0.05) is 6.07 Å². The van der Waals surface area contributed by atoms with E-state index in [1.54, 1.807) is 7.05 Å². The largest absolute Gasteiger partial charge is 0.337 e. The minimum Gasteiger partial charge on any atom is -0.337 e. The summed E-state index contributed by atoms with van der Waals surface area (Å²) < 4.78 is 21.4. The van der Waals surface area contributed by atoms with Gasteiger partial charge in [0.1, 0.15) is 16.9 Å². The molecular weight excluding hydrogens is 291 g/mol. The minimum atomic E-state index is -0.524. The maximum atomic E-state index is 13.1. The molecule has 0 unspecified atom stereocenters. The molecule has 0 fully saturated rings. The molecule has 0 aliphatic rings. The zero-order valence-corrected chi connectivity index (χ0v) is 12.0. The van der Waals surface area contributed by atoms with Crippen molar-refractivity contribution in [1.29, 1.82) is 0 Å². The smallest absolute Gasteiger partial charge is 0.255 e. The number of hydrogen-bond donors (Lipinski definition) is 0. The van der Waals surface area contributed by atoms with Gasteiger partial charge in [-0.15, -0.1) is 0 Å². The van der Waals surface area contributed by atoms with Gasteiger partial charge in [-0.3, -0.25) is 9.78 Å². The van der Waals surface area contributed by atoms with E-state index in [1.165, 1.54) is 17.2 Å². The van der Waals surface area contributed by atoms with Crippen LogP contribution in [0.25, 0.3) is 11.0 Å². The molecule has 3 aromatic rings. The standard InChI is InChI=1S/C14H11FN4OS/c1-19(14(20)10-5-11(15)7-16-6-10)8-9-2-3-12-13(4-9)18-21-17-12/h2-7H,8H2,1H3. The molecule has 2 aromatic heterocycles. The minimum absolute atomic E-state index is 0.230. The Morgan fingerprint density at radius 1 is 1.24 bits per heavy atom. The Bertz CT molecular complexity index is 804. The second-order valence-electron chi connectivity index (χ2n) is 4.64. The highest BCUT2D eigenvalue weighted by molar-refractivity contribution is 7.00. The fourth-order valence-electron chi connectivity index (χ4n) is 2.02. The summed E-state index contributed by atoms with van der Waals surface area (Å²) in [6.45, 7) is 0.406. The van der Waals surface area contributed by atoms with Crippen molar-refractivity contribution in [2.75, 3.05) is 7.05 Å². The first-order chi connectivity index (χ1) is 10.1. The van der Waals surface area contributed by atoms with E-state index in [-0.39, 0.29) is 11.5 Å². The van der Waals surface area contributed by atoms with Gasteiger partial charge in [-0.2, -0.15) is 8.75 Å². The topological polar surface area (TPSA) is 59.0 Å². The zero-order valence-electron chi connectivity index (χ0n) is 11.2. The molecule has 106 valence electrons. The Labute approximate surface area is 124 Å². The number of benzene rings is 1. The fraction of sp³-hybridized carbons (Fsp3) is 0.143. The van der Waals surface area contributed by atoms with Gasteiger partial charge in [0, 0.05) is 19.8 Å². The molecule has 0 aliphatic heterocycles. The highest BCUT2D eigenvalue weighted by atomic mass is 32.1. The number of pyridine rings is 1. The number of carbonyl (C=O) groups excluding carboxylic acids is 1. The van der Waals surface area contributed by atoms with Crippen molar-refractivity contribution < 1.29 is 9.18 Å². The predicted molar refractivity (Wildman–Crippen MR) is 77.4 cm³/mol. The quantitative estimate of drug-likeness (QED) is 0.746.